The molecule has 6 heteroatoms. The molecule has 2 aromatic rings. The van der Waals surface area contributed by atoms with Gasteiger partial charge in [-0.15, -0.1) is 0 Å². The summed E-state index contributed by atoms with van der Waals surface area (Å²) in [6.45, 7) is 1.88. The highest BCUT2D eigenvalue weighted by atomic mass is 16.5. The summed E-state index contributed by atoms with van der Waals surface area (Å²) < 4.78 is 6.77. The molecule has 1 unspecified atom stereocenters. The van der Waals surface area contributed by atoms with E-state index in [1.54, 1.807) is 10.9 Å². The Bertz CT molecular complexity index is 524. The molecule has 0 aromatic carbocycles. The largest absolute Gasteiger partial charge is 0.480 e. The summed E-state index contributed by atoms with van der Waals surface area (Å²) in [5, 5.41) is 14.3. The minimum atomic E-state index is -0.882. The molecule has 0 radical (unpaired) electrons. The number of aliphatic hydroxyl groups is 1. The molecule has 2 aromatic heterocycles. The van der Waals surface area contributed by atoms with Crippen LogP contribution in [0, 0.1) is 6.92 Å². The Hall–Kier alpha value is -1.95. The molecule has 2 rings (SSSR count). The van der Waals surface area contributed by atoms with Crippen molar-refractivity contribution in [1.82, 2.24) is 19.7 Å². The fourth-order valence-electron chi connectivity index (χ4n) is 1.61. The molecule has 90 valence electrons. The van der Waals surface area contributed by atoms with Crippen molar-refractivity contribution >= 4 is 0 Å². The van der Waals surface area contributed by atoms with E-state index in [2.05, 4.69) is 15.1 Å². The Labute approximate surface area is 98.9 Å². The first-order valence-electron chi connectivity index (χ1n) is 5.16. The third-order valence-corrected chi connectivity index (χ3v) is 2.71. The molecule has 0 saturated carbocycles. The second-order valence-electron chi connectivity index (χ2n) is 3.66. The predicted octanol–water partition coefficient (Wildman–Crippen LogP) is 0.609. The Morgan fingerprint density at radius 3 is 2.65 bits per heavy atom. The van der Waals surface area contributed by atoms with Crippen LogP contribution >= 0.6 is 0 Å². The maximum absolute atomic E-state index is 10.3. The summed E-state index contributed by atoms with van der Waals surface area (Å²) in [4.78, 5) is 8.11. The first-order chi connectivity index (χ1) is 8.15. The Kier molecular flexibility index (Phi) is 3.06. The van der Waals surface area contributed by atoms with Crippen molar-refractivity contribution < 1.29 is 9.84 Å². The van der Waals surface area contributed by atoms with Gasteiger partial charge in [-0.2, -0.15) is 5.10 Å². The monoisotopic (exact) mass is 234 g/mol. The van der Waals surface area contributed by atoms with Crippen LogP contribution in [0.2, 0.25) is 0 Å². The maximum atomic E-state index is 10.3. The zero-order valence-corrected chi connectivity index (χ0v) is 9.95. The van der Waals surface area contributed by atoms with Crippen molar-refractivity contribution in [2.75, 3.05) is 7.11 Å². The predicted molar refractivity (Wildman–Crippen MR) is 60.6 cm³/mol. The molecule has 0 fully saturated rings. The van der Waals surface area contributed by atoms with Gasteiger partial charge in [0, 0.05) is 30.7 Å². The van der Waals surface area contributed by atoms with Crippen molar-refractivity contribution in [3.05, 3.63) is 35.5 Å². The van der Waals surface area contributed by atoms with E-state index < -0.39 is 6.10 Å². The van der Waals surface area contributed by atoms with Crippen molar-refractivity contribution in [1.29, 1.82) is 0 Å². The standard InChI is InChI=1S/C11H14N4O2/c1-7-8(6-14-15(7)2)10(16)9-11(17-3)13-5-4-12-9/h4-6,10,16H,1-3H3. The Balaban J connectivity index is 2.43. The number of aryl methyl sites for hydroxylation is 1. The van der Waals surface area contributed by atoms with Gasteiger partial charge in [0.25, 0.3) is 0 Å². The number of nitrogens with zero attached hydrogens (tertiary/aromatic N) is 4. The highest BCUT2D eigenvalue weighted by Crippen LogP contribution is 2.27. The number of hydrogen-bond donors (Lipinski definition) is 1. The highest BCUT2D eigenvalue weighted by Gasteiger charge is 2.21. The lowest BCUT2D eigenvalue weighted by Crippen LogP contribution is -2.07. The van der Waals surface area contributed by atoms with E-state index in [9.17, 15) is 5.11 Å². The van der Waals surface area contributed by atoms with E-state index in [0.717, 1.165) is 5.69 Å². The molecule has 0 aliphatic carbocycles. The van der Waals surface area contributed by atoms with Crippen molar-refractivity contribution in [3.63, 3.8) is 0 Å². The smallest absolute Gasteiger partial charge is 0.238 e. The van der Waals surface area contributed by atoms with Crippen LogP contribution in [0.4, 0.5) is 0 Å². The SMILES string of the molecule is COc1nccnc1C(O)c1cnn(C)c1C. The van der Waals surface area contributed by atoms with Gasteiger partial charge >= 0.3 is 0 Å². The van der Waals surface area contributed by atoms with E-state index >= 15 is 0 Å². The zero-order chi connectivity index (χ0) is 12.4. The van der Waals surface area contributed by atoms with Crippen LogP contribution in [-0.4, -0.2) is 32.0 Å². The third-order valence-electron chi connectivity index (χ3n) is 2.71. The number of aromatic nitrogens is 4. The van der Waals surface area contributed by atoms with Crippen LogP contribution in [0.5, 0.6) is 5.88 Å². The second kappa shape index (κ2) is 4.50. The van der Waals surface area contributed by atoms with Gasteiger partial charge in [0.1, 0.15) is 11.8 Å². The van der Waals surface area contributed by atoms with E-state index in [0.29, 0.717) is 17.1 Å². The van der Waals surface area contributed by atoms with Gasteiger partial charge in [0.05, 0.1) is 13.3 Å². The minimum absolute atomic E-state index is 0.322. The van der Waals surface area contributed by atoms with E-state index in [-0.39, 0.29) is 0 Å². The van der Waals surface area contributed by atoms with E-state index in [1.165, 1.54) is 19.5 Å². The Morgan fingerprint density at radius 2 is 2.06 bits per heavy atom. The average molecular weight is 234 g/mol. The Morgan fingerprint density at radius 1 is 1.35 bits per heavy atom. The van der Waals surface area contributed by atoms with Crippen molar-refractivity contribution in [2.24, 2.45) is 7.05 Å². The molecule has 0 spiro atoms. The molecular formula is C11H14N4O2. The molecular weight excluding hydrogens is 220 g/mol. The van der Waals surface area contributed by atoms with E-state index in [1.807, 2.05) is 14.0 Å². The molecule has 0 aliphatic rings. The normalized spacial score (nSPS) is 12.5. The molecule has 0 amide bonds. The van der Waals surface area contributed by atoms with Crippen molar-refractivity contribution in [2.45, 2.75) is 13.0 Å². The summed E-state index contributed by atoms with van der Waals surface area (Å²) in [7, 11) is 3.32. The first kappa shape index (κ1) is 11.5. The van der Waals surface area contributed by atoms with Crippen LogP contribution in [0.15, 0.2) is 18.6 Å². The highest BCUT2D eigenvalue weighted by molar-refractivity contribution is 5.31. The fourth-order valence-corrected chi connectivity index (χ4v) is 1.61. The second-order valence-corrected chi connectivity index (χ2v) is 3.66. The van der Waals surface area contributed by atoms with Gasteiger partial charge in [0.2, 0.25) is 5.88 Å². The average Bonchev–Trinajstić information content (AvgIpc) is 2.69. The van der Waals surface area contributed by atoms with Crippen LogP contribution in [0.25, 0.3) is 0 Å². The lowest BCUT2D eigenvalue weighted by Gasteiger charge is -2.12. The molecule has 2 heterocycles. The molecule has 1 N–H and O–H groups in total. The van der Waals surface area contributed by atoms with Gasteiger partial charge in [-0.3, -0.25) is 9.67 Å². The van der Waals surface area contributed by atoms with Gasteiger partial charge in [0.15, 0.2) is 0 Å². The first-order valence-corrected chi connectivity index (χ1v) is 5.16. The van der Waals surface area contributed by atoms with Crippen LogP contribution in [0.1, 0.15) is 23.1 Å². The minimum Gasteiger partial charge on any atom is -0.480 e. The quantitative estimate of drug-likeness (QED) is 0.842. The molecule has 0 saturated heterocycles. The summed E-state index contributed by atoms with van der Waals surface area (Å²) in [5.74, 6) is 0.322. The molecule has 17 heavy (non-hydrogen) atoms. The van der Waals surface area contributed by atoms with Gasteiger partial charge in [-0.1, -0.05) is 0 Å². The fraction of sp³-hybridized carbons (Fsp3) is 0.364. The van der Waals surface area contributed by atoms with Crippen LogP contribution in [-0.2, 0) is 7.05 Å². The molecule has 0 bridgehead atoms. The van der Waals surface area contributed by atoms with Crippen LogP contribution in [0.3, 0.4) is 0 Å². The van der Waals surface area contributed by atoms with Crippen molar-refractivity contribution in [3.8, 4) is 5.88 Å². The molecule has 0 aliphatic heterocycles. The lowest BCUT2D eigenvalue weighted by molar-refractivity contribution is 0.206. The number of hydrogen-bond acceptors (Lipinski definition) is 5. The zero-order valence-electron chi connectivity index (χ0n) is 9.95. The van der Waals surface area contributed by atoms with Gasteiger partial charge in [-0.05, 0) is 6.92 Å². The van der Waals surface area contributed by atoms with Crippen LogP contribution < -0.4 is 4.74 Å². The summed E-state index contributed by atoms with van der Waals surface area (Å²) in [6, 6.07) is 0. The maximum Gasteiger partial charge on any atom is 0.238 e. The van der Waals surface area contributed by atoms with Gasteiger partial charge in [-0.25, -0.2) is 4.98 Å². The van der Waals surface area contributed by atoms with Gasteiger partial charge < -0.3 is 9.84 Å². The summed E-state index contributed by atoms with van der Waals surface area (Å²) in [6.07, 6.45) is 3.78. The number of ether oxygens (including phenoxy) is 1. The third kappa shape index (κ3) is 1.99. The number of rotatable bonds is 3. The summed E-state index contributed by atoms with van der Waals surface area (Å²) >= 11 is 0. The lowest BCUT2D eigenvalue weighted by atomic mass is 10.1. The molecule has 1 atom stereocenters. The summed E-state index contributed by atoms with van der Waals surface area (Å²) in [5.41, 5.74) is 1.97. The number of aliphatic hydroxyl groups excluding tert-OH is 1. The number of methoxy groups -OCH3 is 1. The van der Waals surface area contributed by atoms with E-state index in [4.69, 9.17) is 4.74 Å². The topological polar surface area (TPSA) is 73.1 Å². The molecule has 6 nitrogen and oxygen atoms in total.